The summed E-state index contributed by atoms with van der Waals surface area (Å²) in [6, 6.07) is 0. The van der Waals surface area contributed by atoms with Crippen LogP contribution < -0.4 is 56.3 Å². The molecule has 12 heavy (non-hydrogen) atoms. The summed E-state index contributed by atoms with van der Waals surface area (Å²) >= 11 is 0. The van der Waals surface area contributed by atoms with Crippen molar-refractivity contribution in [1.82, 2.24) is 9.97 Å². The number of hydrogen-bond acceptors (Lipinski definition) is 4. The Morgan fingerprint density at radius 3 is 1.42 bits per heavy atom. The minimum atomic E-state index is -3.12. The van der Waals surface area contributed by atoms with Gasteiger partial charge in [-0.25, -0.2) is 0 Å². The van der Waals surface area contributed by atoms with Crippen LogP contribution in [0.2, 0.25) is 0 Å². The molecule has 0 aliphatic carbocycles. The second-order valence-electron chi connectivity index (χ2n) is 1.13. The van der Waals surface area contributed by atoms with Crippen molar-refractivity contribution in [3.8, 4) is 0 Å². The van der Waals surface area contributed by atoms with E-state index >= 15 is 0 Å². The second kappa shape index (κ2) is 14.2. The molecule has 62 valence electrons. The molecular weight excluding hydrogens is 210 g/mol. The van der Waals surface area contributed by atoms with Gasteiger partial charge in [-0.05, 0) is 4.57 Å². The van der Waals surface area contributed by atoms with E-state index in [4.69, 9.17) is 14.4 Å². The molecule has 8 heteroatoms. The summed E-state index contributed by atoms with van der Waals surface area (Å²) < 4.78 is 8.59. The molecule has 1 rings (SSSR count). The maximum absolute atomic E-state index is 8.59. The monoisotopic (exact) mass is 217 g/mol. The summed E-state index contributed by atoms with van der Waals surface area (Å²) in [7, 11) is -3.12. The first-order valence-corrected chi connectivity index (χ1v) is 3.39. The Hall–Kier alpha value is 0.696. The first-order chi connectivity index (χ1) is 4.73. The molecule has 0 saturated carbocycles. The molecule has 1 unspecified atom stereocenters. The SMILES string of the molecule is O.O=[P+]([O-])O.[K+].c1cnccn1. The third-order valence-corrected chi connectivity index (χ3v) is 0.478. The standard InChI is InChI=1S/C4H4N2.K.HO3P.H2O/c1-2-6-4-3-5-1;;1-4(2)3;/h1-4H;;(H,1,2,3);1H2/q;+1;;. The van der Waals surface area contributed by atoms with Crippen LogP contribution in [0.1, 0.15) is 0 Å². The molecule has 1 atom stereocenters. The van der Waals surface area contributed by atoms with E-state index in [1.807, 2.05) is 0 Å². The number of aromatic nitrogens is 2. The van der Waals surface area contributed by atoms with Crippen LogP contribution in [0.25, 0.3) is 0 Å². The Labute approximate surface area is 113 Å². The van der Waals surface area contributed by atoms with Crippen LogP contribution in [-0.4, -0.2) is 20.3 Å². The van der Waals surface area contributed by atoms with Crippen molar-refractivity contribution in [3.63, 3.8) is 0 Å². The van der Waals surface area contributed by atoms with Gasteiger partial charge >= 0.3 is 59.6 Å². The van der Waals surface area contributed by atoms with Gasteiger partial charge in [-0.15, -0.1) is 0 Å². The number of hydrogen-bond donors (Lipinski definition) is 1. The molecule has 0 aliphatic rings. The summed E-state index contributed by atoms with van der Waals surface area (Å²) in [5, 5.41) is 0. The van der Waals surface area contributed by atoms with Crippen LogP contribution in [0, 0.1) is 0 Å². The molecule has 0 aromatic carbocycles. The van der Waals surface area contributed by atoms with Crippen LogP contribution in [0.5, 0.6) is 0 Å². The molecule has 6 nitrogen and oxygen atoms in total. The predicted molar refractivity (Wildman–Crippen MR) is 35.5 cm³/mol. The molecule has 0 spiro atoms. The van der Waals surface area contributed by atoms with Crippen molar-refractivity contribution in [1.29, 1.82) is 0 Å². The molecule has 0 amide bonds. The third kappa shape index (κ3) is 22.4. The van der Waals surface area contributed by atoms with E-state index in [0.717, 1.165) is 0 Å². The van der Waals surface area contributed by atoms with Gasteiger partial charge in [0.25, 0.3) is 0 Å². The molecule has 1 heterocycles. The van der Waals surface area contributed by atoms with Crippen molar-refractivity contribution >= 4 is 8.25 Å². The molecular formula is C4H7KN2O4P+. The van der Waals surface area contributed by atoms with Gasteiger partial charge in [-0.2, -0.15) is 4.89 Å². The van der Waals surface area contributed by atoms with E-state index in [0.29, 0.717) is 0 Å². The molecule has 0 bridgehead atoms. The Morgan fingerprint density at radius 2 is 1.33 bits per heavy atom. The van der Waals surface area contributed by atoms with Crippen molar-refractivity contribution < 1.29 is 71.2 Å². The fraction of sp³-hybridized carbons (Fsp3) is 0. The summed E-state index contributed by atoms with van der Waals surface area (Å²) in [6.07, 6.45) is 6.56. The third-order valence-electron chi connectivity index (χ3n) is 0.478. The molecule has 0 fully saturated rings. The molecule has 1 aromatic rings. The second-order valence-corrected chi connectivity index (χ2v) is 1.61. The molecule has 0 aliphatic heterocycles. The Morgan fingerprint density at radius 1 is 1.17 bits per heavy atom. The van der Waals surface area contributed by atoms with Gasteiger partial charge in [-0.3, -0.25) is 9.97 Å². The van der Waals surface area contributed by atoms with Gasteiger partial charge in [-0.1, -0.05) is 0 Å². The molecule has 1 aromatic heterocycles. The molecule has 0 radical (unpaired) electrons. The largest absolute Gasteiger partial charge is 1.00 e. The minimum absolute atomic E-state index is 0. The van der Waals surface area contributed by atoms with Crippen LogP contribution in [0.4, 0.5) is 0 Å². The fourth-order valence-corrected chi connectivity index (χ4v) is 0.253. The maximum Gasteiger partial charge on any atom is 1.00 e. The first-order valence-electron chi connectivity index (χ1n) is 2.26. The molecule has 0 saturated heterocycles. The van der Waals surface area contributed by atoms with E-state index in [2.05, 4.69) is 9.97 Å². The number of rotatable bonds is 0. The molecule has 3 N–H and O–H groups in total. The van der Waals surface area contributed by atoms with Gasteiger partial charge in [0, 0.05) is 24.8 Å². The Kier molecular flexibility index (Phi) is 21.9. The summed E-state index contributed by atoms with van der Waals surface area (Å²) in [6.45, 7) is 0. The van der Waals surface area contributed by atoms with Crippen LogP contribution >= 0.6 is 8.25 Å². The van der Waals surface area contributed by atoms with Gasteiger partial charge in [0.05, 0.1) is 0 Å². The van der Waals surface area contributed by atoms with Crippen molar-refractivity contribution in [2.45, 2.75) is 0 Å². The summed E-state index contributed by atoms with van der Waals surface area (Å²) in [5.41, 5.74) is 0. The fourth-order valence-electron chi connectivity index (χ4n) is 0.253. The van der Waals surface area contributed by atoms with Crippen LogP contribution in [0.3, 0.4) is 0 Å². The predicted octanol–water partition coefficient (Wildman–Crippen LogP) is -4.35. The van der Waals surface area contributed by atoms with Crippen LogP contribution in [-0.2, 0) is 4.57 Å². The maximum atomic E-state index is 8.59. The van der Waals surface area contributed by atoms with E-state index in [1.54, 1.807) is 24.8 Å². The first kappa shape index (κ1) is 18.5. The quantitative estimate of drug-likeness (QED) is 0.348. The van der Waals surface area contributed by atoms with Crippen molar-refractivity contribution in [2.75, 3.05) is 0 Å². The van der Waals surface area contributed by atoms with Crippen LogP contribution in [0.15, 0.2) is 24.8 Å². The zero-order chi connectivity index (χ0) is 7.82. The van der Waals surface area contributed by atoms with Crippen molar-refractivity contribution in [2.24, 2.45) is 0 Å². The zero-order valence-electron chi connectivity index (χ0n) is 6.41. The van der Waals surface area contributed by atoms with E-state index in [-0.39, 0.29) is 56.9 Å². The summed E-state index contributed by atoms with van der Waals surface area (Å²) in [5.74, 6) is 0. The Balaban J connectivity index is -0.000000124. The van der Waals surface area contributed by atoms with Gasteiger partial charge in [0.2, 0.25) is 0 Å². The van der Waals surface area contributed by atoms with E-state index in [9.17, 15) is 0 Å². The van der Waals surface area contributed by atoms with Gasteiger partial charge < -0.3 is 10.4 Å². The van der Waals surface area contributed by atoms with Gasteiger partial charge in [0.1, 0.15) is 0 Å². The van der Waals surface area contributed by atoms with Crippen molar-refractivity contribution in [3.05, 3.63) is 24.8 Å². The minimum Gasteiger partial charge on any atom is -0.567 e. The van der Waals surface area contributed by atoms with E-state index < -0.39 is 8.25 Å². The van der Waals surface area contributed by atoms with E-state index in [1.165, 1.54) is 0 Å². The summed E-state index contributed by atoms with van der Waals surface area (Å²) in [4.78, 5) is 23.0. The normalized spacial score (nSPS) is 7.67. The Bertz CT molecular complexity index is 157. The smallest absolute Gasteiger partial charge is 0.567 e. The van der Waals surface area contributed by atoms with Gasteiger partial charge in [0.15, 0.2) is 0 Å². The number of nitrogens with zero attached hydrogens (tertiary/aromatic N) is 2. The topological polar surface area (TPSA) is 118 Å². The zero-order valence-corrected chi connectivity index (χ0v) is 10.4. The average molecular weight is 217 g/mol. The average Bonchev–Trinajstić information content (AvgIpc) is 1.90.